The molecule has 0 N–H and O–H groups in total. The minimum absolute atomic E-state index is 0.978. The van der Waals surface area contributed by atoms with Gasteiger partial charge >= 0.3 is 0 Å². The van der Waals surface area contributed by atoms with Gasteiger partial charge in [-0.05, 0) is 25.2 Å². The van der Waals surface area contributed by atoms with E-state index in [-0.39, 0.29) is 0 Å². The quantitative estimate of drug-likeness (QED) is 0.377. The lowest BCUT2D eigenvalue weighted by atomic mass is 9.91. The van der Waals surface area contributed by atoms with Gasteiger partial charge in [0.05, 0.1) is 0 Å². The normalized spacial score (nSPS) is 23.9. The molecule has 0 bridgehead atoms. The molecule has 0 aromatic heterocycles. The topological polar surface area (TPSA) is 0 Å². The maximum atomic E-state index is 2.49. The standard InChI is InChI=1S/C19H36/c1-2-3-13-16-19-17-14-11-9-7-5-4-6-8-10-12-15-18-19/h11,14,19H,2-10,12-13,15-18H2,1H3. The van der Waals surface area contributed by atoms with Gasteiger partial charge in [0.15, 0.2) is 0 Å². The van der Waals surface area contributed by atoms with Gasteiger partial charge in [0.1, 0.15) is 0 Å². The van der Waals surface area contributed by atoms with Gasteiger partial charge in [-0.25, -0.2) is 0 Å². The predicted octanol–water partition coefficient (Wildman–Crippen LogP) is 7.04. The van der Waals surface area contributed by atoms with Crippen molar-refractivity contribution >= 4 is 0 Å². The third-order valence-corrected chi connectivity index (χ3v) is 4.59. The van der Waals surface area contributed by atoms with Crippen molar-refractivity contribution < 1.29 is 0 Å². The van der Waals surface area contributed by atoms with Crippen LogP contribution in [0.15, 0.2) is 12.2 Å². The summed E-state index contributed by atoms with van der Waals surface area (Å²) < 4.78 is 0. The summed E-state index contributed by atoms with van der Waals surface area (Å²) in [4.78, 5) is 0. The second-order valence-electron chi connectivity index (χ2n) is 6.47. The third kappa shape index (κ3) is 10.2. The van der Waals surface area contributed by atoms with Gasteiger partial charge in [0.25, 0.3) is 0 Å². The average Bonchev–Trinajstić information content (AvgIpc) is 2.43. The number of hydrogen-bond acceptors (Lipinski definition) is 0. The molecule has 0 aromatic rings. The maximum absolute atomic E-state index is 2.49. The molecule has 112 valence electrons. The molecular weight excluding hydrogens is 228 g/mol. The average molecular weight is 264 g/mol. The highest BCUT2D eigenvalue weighted by molar-refractivity contribution is 4.84. The summed E-state index contributed by atoms with van der Waals surface area (Å²) in [5.41, 5.74) is 0. The lowest BCUT2D eigenvalue weighted by Gasteiger charge is -2.15. The van der Waals surface area contributed by atoms with Crippen LogP contribution in [0, 0.1) is 5.92 Å². The van der Waals surface area contributed by atoms with E-state index in [1.54, 1.807) is 0 Å². The van der Waals surface area contributed by atoms with E-state index in [9.17, 15) is 0 Å². The zero-order chi connectivity index (χ0) is 13.6. The molecule has 0 amide bonds. The Hall–Kier alpha value is -0.260. The van der Waals surface area contributed by atoms with Crippen molar-refractivity contribution in [2.24, 2.45) is 5.92 Å². The predicted molar refractivity (Wildman–Crippen MR) is 87.6 cm³/mol. The highest BCUT2D eigenvalue weighted by Gasteiger charge is 2.06. The van der Waals surface area contributed by atoms with Crippen LogP contribution in [0.1, 0.15) is 103 Å². The van der Waals surface area contributed by atoms with E-state index < -0.39 is 0 Å². The summed E-state index contributed by atoms with van der Waals surface area (Å²) in [6.07, 6.45) is 26.5. The Morgan fingerprint density at radius 2 is 1.47 bits per heavy atom. The van der Waals surface area contributed by atoms with Crippen LogP contribution in [0.4, 0.5) is 0 Å². The van der Waals surface area contributed by atoms with Gasteiger partial charge in [0, 0.05) is 0 Å². The second kappa shape index (κ2) is 12.8. The van der Waals surface area contributed by atoms with Crippen molar-refractivity contribution in [3.05, 3.63) is 12.2 Å². The number of allylic oxidation sites excluding steroid dienone is 2. The van der Waals surface area contributed by atoms with E-state index in [1.807, 2.05) is 0 Å². The Kier molecular flexibility index (Phi) is 11.3. The van der Waals surface area contributed by atoms with Crippen LogP contribution in [0.3, 0.4) is 0 Å². The molecule has 0 heteroatoms. The molecule has 0 nitrogen and oxygen atoms in total. The Balaban J connectivity index is 2.27. The summed E-state index contributed by atoms with van der Waals surface area (Å²) >= 11 is 0. The SMILES string of the molecule is CCCCCC1CC=CCCCCCCCCCC1. The fourth-order valence-electron chi connectivity index (χ4n) is 3.23. The molecule has 1 aliphatic rings. The van der Waals surface area contributed by atoms with Crippen LogP contribution in [0.2, 0.25) is 0 Å². The zero-order valence-corrected chi connectivity index (χ0v) is 13.3. The van der Waals surface area contributed by atoms with Crippen LogP contribution < -0.4 is 0 Å². The number of rotatable bonds is 4. The molecule has 1 rings (SSSR count). The van der Waals surface area contributed by atoms with Gasteiger partial charge in [-0.2, -0.15) is 0 Å². The van der Waals surface area contributed by atoms with Crippen molar-refractivity contribution in [3.8, 4) is 0 Å². The molecule has 1 atom stereocenters. The first-order valence-electron chi connectivity index (χ1n) is 9.08. The zero-order valence-electron chi connectivity index (χ0n) is 13.3. The smallest absolute Gasteiger partial charge is 0.0322 e. The molecule has 1 unspecified atom stereocenters. The lowest BCUT2D eigenvalue weighted by Crippen LogP contribution is -2.00. The van der Waals surface area contributed by atoms with E-state index in [4.69, 9.17) is 0 Å². The Morgan fingerprint density at radius 3 is 2.21 bits per heavy atom. The molecule has 19 heavy (non-hydrogen) atoms. The summed E-state index contributed by atoms with van der Waals surface area (Å²) in [6.45, 7) is 2.31. The summed E-state index contributed by atoms with van der Waals surface area (Å²) in [6, 6.07) is 0. The van der Waals surface area contributed by atoms with Crippen LogP contribution in [0.25, 0.3) is 0 Å². The van der Waals surface area contributed by atoms with Gasteiger partial charge in [-0.1, -0.05) is 96.1 Å². The molecule has 0 heterocycles. The highest BCUT2D eigenvalue weighted by atomic mass is 14.1. The monoisotopic (exact) mass is 264 g/mol. The van der Waals surface area contributed by atoms with E-state index in [2.05, 4.69) is 19.1 Å². The number of hydrogen-bond donors (Lipinski definition) is 0. The molecule has 0 saturated heterocycles. The van der Waals surface area contributed by atoms with Crippen molar-refractivity contribution in [2.75, 3.05) is 0 Å². The summed E-state index contributed by atoms with van der Waals surface area (Å²) in [5.74, 6) is 0.978. The Bertz CT molecular complexity index is 204. The van der Waals surface area contributed by atoms with E-state index in [1.165, 1.54) is 96.3 Å². The van der Waals surface area contributed by atoms with Crippen molar-refractivity contribution in [1.29, 1.82) is 0 Å². The van der Waals surface area contributed by atoms with Gasteiger partial charge in [-0.3, -0.25) is 0 Å². The number of unbranched alkanes of at least 4 members (excludes halogenated alkanes) is 2. The third-order valence-electron chi connectivity index (χ3n) is 4.59. The molecular formula is C19H36. The van der Waals surface area contributed by atoms with Gasteiger partial charge < -0.3 is 0 Å². The van der Waals surface area contributed by atoms with Crippen molar-refractivity contribution in [2.45, 2.75) is 103 Å². The van der Waals surface area contributed by atoms with E-state index in [0.29, 0.717) is 0 Å². The summed E-state index contributed by atoms with van der Waals surface area (Å²) in [5, 5.41) is 0. The van der Waals surface area contributed by atoms with E-state index >= 15 is 0 Å². The van der Waals surface area contributed by atoms with Gasteiger partial charge in [-0.15, -0.1) is 0 Å². The molecule has 0 radical (unpaired) electrons. The molecule has 1 aliphatic carbocycles. The second-order valence-corrected chi connectivity index (χ2v) is 6.47. The fourth-order valence-corrected chi connectivity index (χ4v) is 3.23. The highest BCUT2D eigenvalue weighted by Crippen LogP contribution is 2.22. The lowest BCUT2D eigenvalue weighted by molar-refractivity contribution is 0.408. The fraction of sp³-hybridized carbons (Fsp3) is 0.895. The van der Waals surface area contributed by atoms with Crippen LogP contribution in [-0.2, 0) is 0 Å². The van der Waals surface area contributed by atoms with Crippen molar-refractivity contribution in [3.63, 3.8) is 0 Å². The molecule has 0 fully saturated rings. The first kappa shape index (κ1) is 16.8. The molecule has 0 aromatic carbocycles. The van der Waals surface area contributed by atoms with Gasteiger partial charge in [0.2, 0.25) is 0 Å². The van der Waals surface area contributed by atoms with E-state index in [0.717, 1.165) is 5.92 Å². The largest absolute Gasteiger partial charge is 0.0885 e. The van der Waals surface area contributed by atoms with Crippen LogP contribution in [-0.4, -0.2) is 0 Å². The molecule has 0 spiro atoms. The first-order valence-corrected chi connectivity index (χ1v) is 9.08. The Morgan fingerprint density at radius 1 is 0.789 bits per heavy atom. The summed E-state index contributed by atoms with van der Waals surface area (Å²) in [7, 11) is 0. The van der Waals surface area contributed by atoms with Crippen LogP contribution in [0.5, 0.6) is 0 Å². The first-order chi connectivity index (χ1) is 9.43. The Labute approximate surface area is 122 Å². The molecule has 0 saturated carbocycles. The minimum atomic E-state index is 0.978. The van der Waals surface area contributed by atoms with Crippen LogP contribution >= 0.6 is 0 Å². The minimum Gasteiger partial charge on any atom is -0.0885 e. The maximum Gasteiger partial charge on any atom is -0.0322 e. The molecule has 0 aliphatic heterocycles. The van der Waals surface area contributed by atoms with Crippen molar-refractivity contribution in [1.82, 2.24) is 0 Å².